The zero-order chi connectivity index (χ0) is 13.9. The number of piperidine rings is 1. The summed E-state index contributed by atoms with van der Waals surface area (Å²) in [6, 6.07) is 0. The number of carbonyl (C=O) groups is 2. The van der Waals surface area contributed by atoms with E-state index in [1.165, 1.54) is 7.11 Å². The molecule has 5 nitrogen and oxygen atoms in total. The van der Waals surface area contributed by atoms with Gasteiger partial charge in [-0.25, -0.2) is 4.79 Å². The fourth-order valence-corrected chi connectivity index (χ4v) is 2.02. The van der Waals surface area contributed by atoms with E-state index in [4.69, 9.17) is 9.47 Å². The van der Waals surface area contributed by atoms with Gasteiger partial charge in [-0.1, -0.05) is 6.92 Å². The zero-order valence-corrected chi connectivity index (χ0v) is 11.9. The molecule has 0 aromatic rings. The quantitative estimate of drug-likeness (QED) is 0.675. The SMILES string of the molecule is COC(=O)C1CN(C(=O)OC(C)(C)C)CC[C@@H]1C. The summed E-state index contributed by atoms with van der Waals surface area (Å²) in [6.45, 7) is 8.50. The third-order valence-corrected chi connectivity index (χ3v) is 3.11. The molecule has 1 heterocycles. The Morgan fingerprint density at radius 2 is 1.89 bits per heavy atom. The molecule has 104 valence electrons. The summed E-state index contributed by atoms with van der Waals surface area (Å²) in [5.41, 5.74) is -0.513. The van der Waals surface area contributed by atoms with Crippen molar-refractivity contribution in [1.82, 2.24) is 4.90 Å². The van der Waals surface area contributed by atoms with Crippen molar-refractivity contribution in [2.45, 2.75) is 39.7 Å². The lowest BCUT2D eigenvalue weighted by Crippen LogP contribution is -2.47. The van der Waals surface area contributed by atoms with Crippen LogP contribution in [0.3, 0.4) is 0 Å². The average molecular weight is 257 g/mol. The van der Waals surface area contributed by atoms with Crippen molar-refractivity contribution in [1.29, 1.82) is 0 Å². The number of hydrogen-bond donors (Lipinski definition) is 0. The van der Waals surface area contributed by atoms with E-state index in [0.29, 0.717) is 13.1 Å². The van der Waals surface area contributed by atoms with Crippen molar-refractivity contribution in [3.8, 4) is 0 Å². The lowest BCUT2D eigenvalue weighted by atomic mass is 9.87. The van der Waals surface area contributed by atoms with E-state index in [-0.39, 0.29) is 23.9 Å². The molecule has 0 spiro atoms. The second-order valence-electron chi connectivity index (χ2n) is 5.82. The minimum atomic E-state index is -0.513. The fraction of sp³-hybridized carbons (Fsp3) is 0.846. The Labute approximate surface area is 108 Å². The van der Waals surface area contributed by atoms with Crippen LogP contribution >= 0.6 is 0 Å². The summed E-state index contributed by atoms with van der Waals surface area (Å²) in [5, 5.41) is 0. The first-order valence-electron chi connectivity index (χ1n) is 6.30. The summed E-state index contributed by atoms with van der Waals surface area (Å²) < 4.78 is 10.1. The summed E-state index contributed by atoms with van der Waals surface area (Å²) in [5.74, 6) is -0.275. The Balaban J connectivity index is 2.64. The van der Waals surface area contributed by atoms with Crippen LogP contribution < -0.4 is 0 Å². The molecule has 18 heavy (non-hydrogen) atoms. The molecule has 0 aromatic carbocycles. The first-order valence-corrected chi connectivity index (χ1v) is 6.30. The summed E-state index contributed by atoms with van der Waals surface area (Å²) in [4.78, 5) is 25.1. The van der Waals surface area contributed by atoms with E-state index in [9.17, 15) is 9.59 Å². The molecule has 0 N–H and O–H groups in total. The number of nitrogens with zero attached hydrogens (tertiary/aromatic N) is 1. The van der Waals surface area contributed by atoms with Crippen LogP contribution in [0.4, 0.5) is 4.79 Å². The number of methoxy groups -OCH3 is 1. The molecule has 1 saturated heterocycles. The van der Waals surface area contributed by atoms with E-state index < -0.39 is 5.60 Å². The minimum absolute atomic E-state index is 0.233. The van der Waals surface area contributed by atoms with Gasteiger partial charge in [0.1, 0.15) is 5.60 Å². The molecule has 1 unspecified atom stereocenters. The largest absolute Gasteiger partial charge is 0.469 e. The monoisotopic (exact) mass is 257 g/mol. The highest BCUT2D eigenvalue weighted by Crippen LogP contribution is 2.25. The smallest absolute Gasteiger partial charge is 0.410 e. The number of rotatable bonds is 1. The second-order valence-corrected chi connectivity index (χ2v) is 5.82. The third-order valence-electron chi connectivity index (χ3n) is 3.11. The number of ether oxygens (including phenoxy) is 2. The van der Waals surface area contributed by atoms with Crippen molar-refractivity contribution in [2.75, 3.05) is 20.2 Å². The van der Waals surface area contributed by atoms with Gasteiger partial charge < -0.3 is 14.4 Å². The van der Waals surface area contributed by atoms with Crippen LogP contribution in [0.2, 0.25) is 0 Å². The van der Waals surface area contributed by atoms with Gasteiger partial charge in [0.2, 0.25) is 0 Å². The predicted octanol–water partition coefficient (Wildman–Crippen LogP) is 2.05. The Morgan fingerprint density at radius 1 is 1.28 bits per heavy atom. The van der Waals surface area contributed by atoms with Gasteiger partial charge in [0.15, 0.2) is 0 Å². The van der Waals surface area contributed by atoms with Crippen LogP contribution in [-0.4, -0.2) is 42.8 Å². The van der Waals surface area contributed by atoms with Crippen molar-refractivity contribution in [3.63, 3.8) is 0 Å². The van der Waals surface area contributed by atoms with Crippen LogP contribution in [0.25, 0.3) is 0 Å². The third kappa shape index (κ3) is 3.89. The molecule has 0 saturated carbocycles. The fourth-order valence-electron chi connectivity index (χ4n) is 2.02. The molecule has 1 aliphatic rings. The summed E-state index contributed by atoms with van der Waals surface area (Å²) in [7, 11) is 1.38. The average Bonchev–Trinajstić information content (AvgIpc) is 2.26. The molecular weight excluding hydrogens is 234 g/mol. The minimum Gasteiger partial charge on any atom is -0.469 e. The predicted molar refractivity (Wildman–Crippen MR) is 67.1 cm³/mol. The highest BCUT2D eigenvalue weighted by molar-refractivity contribution is 5.75. The van der Waals surface area contributed by atoms with Gasteiger partial charge in [-0.15, -0.1) is 0 Å². The standard InChI is InChI=1S/C13H23NO4/c1-9-6-7-14(8-10(9)11(15)17-5)12(16)18-13(2,3)4/h9-10H,6-8H2,1-5H3/t9-,10?/m0/s1. The first-order chi connectivity index (χ1) is 8.24. The van der Waals surface area contributed by atoms with E-state index in [1.807, 2.05) is 27.7 Å². The van der Waals surface area contributed by atoms with E-state index in [1.54, 1.807) is 4.90 Å². The van der Waals surface area contributed by atoms with E-state index in [2.05, 4.69) is 0 Å². The van der Waals surface area contributed by atoms with Crippen molar-refractivity contribution in [2.24, 2.45) is 11.8 Å². The Bertz CT molecular complexity index is 321. The second kappa shape index (κ2) is 5.59. The molecule has 1 amide bonds. The van der Waals surface area contributed by atoms with Gasteiger partial charge in [-0.3, -0.25) is 4.79 Å². The molecule has 1 rings (SSSR count). The molecule has 1 fully saturated rings. The zero-order valence-electron chi connectivity index (χ0n) is 11.9. The van der Waals surface area contributed by atoms with Gasteiger partial charge in [0, 0.05) is 13.1 Å². The highest BCUT2D eigenvalue weighted by atomic mass is 16.6. The van der Waals surface area contributed by atoms with E-state index in [0.717, 1.165) is 6.42 Å². The van der Waals surface area contributed by atoms with Crippen molar-refractivity contribution in [3.05, 3.63) is 0 Å². The maximum Gasteiger partial charge on any atom is 0.410 e. The normalized spacial score (nSPS) is 24.6. The molecule has 0 bridgehead atoms. The first kappa shape index (κ1) is 14.8. The summed E-state index contributed by atoms with van der Waals surface area (Å²) in [6.07, 6.45) is 0.433. The molecule has 1 aliphatic heterocycles. The number of likely N-dealkylation sites (tertiary alicyclic amines) is 1. The van der Waals surface area contributed by atoms with Crippen molar-refractivity contribution >= 4 is 12.1 Å². The Kier molecular flexibility index (Phi) is 4.59. The molecule has 5 heteroatoms. The van der Waals surface area contributed by atoms with Crippen LogP contribution in [0.1, 0.15) is 34.1 Å². The summed E-state index contributed by atoms with van der Waals surface area (Å²) >= 11 is 0. The molecule has 0 aromatic heterocycles. The molecule has 0 radical (unpaired) electrons. The Morgan fingerprint density at radius 3 is 2.39 bits per heavy atom. The highest BCUT2D eigenvalue weighted by Gasteiger charge is 2.35. The molecule has 2 atom stereocenters. The molecule has 0 aliphatic carbocycles. The van der Waals surface area contributed by atoms with Gasteiger partial charge in [-0.2, -0.15) is 0 Å². The van der Waals surface area contributed by atoms with Gasteiger partial charge >= 0.3 is 12.1 Å². The van der Waals surface area contributed by atoms with Gasteiger partial charge in [0.25, 0.3) is 0 Å². The van der Waals surface area contributed by atoms with E-state index >= 15 is 0 Å². The van der Waals surface area contributed by atoms with Gasteiger partial charge in [0.05, 0.1) is 13.0 Å². The lowest BCUT2D eigenvalue weighted by Gasteiger charge is -2.36. The molecular formula is C13H23NO4. The maximum absolute atomic E-state index is 11.9. The topological polar surface area (TPSA) is 55.8 Å². The van der Waals surface area contributed by atoms with Crippen LogP contribution in [0, 0.1) is 11.8 Å². The maximum atomic E-state index is 11.9. The van der Waals surface area contributed by atoms with Crippen molar-refractivity contribution < 1.29 is 19.1 Å². The van der Waals surface area contributed by atoms with Gasteiger partial charge in [-0.05, 0) is 33.1 Å². The Hall–Kier alpha value is -1.26. The number of hydrogen-bond acceptors (Lipinski definition) is 4. The van der Waals surface area contributed by atoms with Crippen LogP contribution in [0.5, 0.6) is 0 Å². The number of esters is 1. The van der Waals surface area contributed by atoms with Crippen LogP contribution in [0.15, 0.2) is 0 Å². The number of amides is 1. The van der Waals surface area contributed by atoms with Crippen LogP contribution in [-0.2, 0) is 14.3 Å². The number of carbonyl (C=O) groups excluding carboxylic acids is 2. The lowest BCUT2D eigenvalue weighted by molar-refractivity contribution is -0.149.